The predicted molar refractivity (Wildman–Crippen MR) is 110 cm³/mol. The Morgan fingerprint density at radius 1 is 0.897 bits per heavy atom. The quantitative estimate of drug-likeness (QED) is 0.676. The minimum Gasteiger partial charge on any atom is -0.497 e. The van der Waals surface area contributed by atoms with Crippen LogP contribution in [0.25, 0.3) is 0 Å². The molecule has 0 spiro atoms. The van der Waals surface area contributed by atoms with E-state index in [1.54, 1.807) is 57.7 Å². The Bertz CT molecular complexity index is 834. The number of amides is 2. The maximum Gasteiger partial charge on any atom is 0.251 e. The molecule has 2 aromatic rings. The molecule has 0 unspecified atom stereocenters. The van der Waals surface area contributed by atoms with E-state index in [1.165, 1.54) is 0 Å². The van der Waals surface area contributed by atoms with E-state index < -0.39 is 6.04 Å². The summed E-state index contributed by atoms with van der Waals surface area (Å²) in [5.41, 5.74) is 1.32. The molecule has 0 saturated carbocycles. The maximum atomic E-state index is 12.7. The van der Waals surface area contributed by atoms with E-state index in [1.807, 2.05) is 19.9 Å². The molecular weight excluding hydrogens is 372 g/mol. The zero-order chi connectivity index (χ0) is 21.4. The summed E-state index contributed by atoms with van der Waals surface area (Å²) in [5.74, 6) is 1.23. The first-order valence-electron chi connectivity index (χ1n) is 9.33. The first kappa shape index (κ1) is 22.1. The Morgan fingerprint density at radius 2 is 1.55 bits per heavy atom. The van der Waals surface area contributed by atoms with Gasteiger partial charge in [-0.1, -0.05) is 19.9 Å². The van der Waals surface area contributed by atoms with Gasteiger partial charge < -0.3 is 24.8 Å². The highest BCUT2D eigenvalue weighted by Crippen LogP contribution is 2.27. The van der Waals surface area contributed by atoms with Crippen LogP contribution in [0.5, 0.6) is 17.2 Å². The van der Waals surface area contributed by atoms with E-state index >= 15 is 0 Å². The van der Waals surface area contributed by atoms with Gasteiger partial charge in [-0.3, -0.25) is 9.59 Å². The van der Waals surface area contributed by atoms with Crippen molar-refractivity contribution in [2.45, 2.75) is 26.4 Å². The Labute approximate surface area is 171 Å². The van der Waals surface area contributed by atoms with Crippen molar-refractivity contribution in [3.8, 4) is 17.2 Å². The predicted octanol–water partition coefficient (Wildman–Crippen LogP) is 2.78. The van der Waals surface area contributed by atoms with Crippen LogP contribution in [0.4, 0.5) is 0 Å². The van der Waals surface area contributed by atoms with Crippen molar-refractivity contribution in [3.05, 3.63) is 53.6 Å². The third-order valence-electron chi connectivity index (χ3n) is 4.50. The molecule has 0 bridgehead atoms. The summed E-state index contributed by atoms with van der Waals surface area (Å²) < 4.78 is 15.6. The summed E-state index contributed by atoms with van der Waals surface area (Å²) in [4.78, 5) is 25.2. The Balaban J connectivity index is 2.02. The largest absolute Gasteiger partial charge is 0.497 e. The molecule has 0 aliphatic heterocycles. The van der Waals surface area contributed by atoms with Gasteiger partial charge in [-0.15, -0.1) is 0 Å². The highest BCUT2D eigenvalue weighted by atomic mass is 16.5. The zero-order valence-corrected chi connectivity index (χ0v) is 17.4. The van der Waals surface area contributed by atoms with E-state index in [-0.39, 0.29) is 17.7 Å². The van der Waals surface area contributed by atoms with E-state index in [0.29, 0.717) is 29.4 Å². The van der Waals surface area contributed by atoms with E-state index in [0.717, 1.165) is 5.56 Å². The van der Waals surface area contributed by atoms with Crippen molar-refractivity contribution in [1.82, 2.24) is 10.6 Å². The van der Waals surface area contributed by atoms with Gasteiger partial charge in [0.1, 0.15) is 11.8 Å². The molecule has 2 amide bonds. The number of methoxy groups -OCH3 is 3. The summed E-state index contributed by atoms with van der Waals surface area (Å²) >= 11 is 0. The van der Waals surface area contributed by atoms with Crippen LogP contribution in [0.2, 0.25) is 0 Å². The molecule has 0 fully saturated rings. The van der Waals surface area contributed by atoms with Crippen LogP contribution in [-0.2, 0) is 11.3 Å². The number of carbonyl (C=O) groups excluding carboxylic acids is 2. The minimum absolute atomic E-state index is 0.0809. The van der Waals surface area contributed by atoms with Crippen LogP contribution >= 0.6 is 0 Å². The molecule has 0 heterocycles. The van der Waals surface area contributed by atoms with Crippen LogP contribution in [-0.4, -0.2) is 39.2 Å². The molecule has 0 aromatic heterocycles. The van der Waals surface area contributed by atoms with Crippen molar-refractivity contribution in [2.24, 2.45) is 5.92 Å². The summed E-state index contributed by atoms with van der Waals surface area (Å²) in [6.45, 7) is 4.07. The van der Waals surface area contributed by atoms with Gasteiger partial charge in [0.15, 0.2) is 11.5 Å². The number of hydrogen-bond donors (Lipinski definition) is 2. The minimum atomic E-state index is -0.662. The molecule has 2 rings (SSSR count). The third kappa shape index (κ3) is 5.88. The molecule has 0 aliphatic carbocycles. The van der Waals surface area contributed by atoms with Crippen molar-refractivity contribution in [1.29, 1.82) is 0 Å². The molecule has 0 saturated heterocycles. The first-order valence-corrected chi connectivity index (χ1v) is 9.33. The van der Waals surface area contributed by atoms with Crippen LogP contribution in [0, 0.1) is 5.92 Å². The Kier molecular flexibility index (Phi) is 7.88. The second-order valence-corrected chi connectivity index (χ2v) is 6.83. The van der Waals surface area contributed by atoms with E-state index in [2.05, 4.69) is 10.6 Å². The van der Waals surface area contributed by atoms with Crippen LogP contribution in [0.15, 0.2) is 42.5 Å². The molecule has 1 atom stereocenters. The Morgan fingerprint density at radius 3 is 2.10 bits per heavy atom. The molecule has 0 radical (unpaired) electrons. The molecule has 7 heteroatoms. The highest BCUT2D eigenvalue weighted by Gasteiger charge is 2.24. The zero-order valence-electron chi connectivity index (χ0n) is 17.4. The molecule has 2 N–H and O–H groups in total. The average Bonchev–Trinajstić information content (AvgIpc) is 2.75. The van der Waals surface area contributed by atoms with Crippen molar-refractivity contribution in [2.75, 3.05) is 21.3 Å². The van der Waals surface area contributed by atoms with Gasteiger partial charge in [0.2, 0.25) is 5.91 Å². The lowest BCUT2D eigenvalue weighted by molar-refractivity contribution is -0.124. The fourth-order valence-corrected chi connectivity index (χ4v) is 2.79. The molecule has 29 heavy (non-hydrogen) atoms. The van der Waals surface area contributed by atoms with Gasteiger partial charge >= 0.3 is 0 Å². The fourth-order valence-electron chi connectivity index (χ4n) is 2.79. The standard InChI is InChI=1S/C22H28N2O5/c1-14(2)20(24-21(25)16-7-9-17(27-3)10-8-16)22(26)23-13-15-6-11-18(28-4)19(12-15)29-5/h6-12,14,20H,13H2,1-5H3,(H,23,26)(H,24,25)/t20-/m0/s1. The molecule has 2 aromatic carbocycles. The number of ether oxygens (including phenoxy) is 3. The van der Waals surface area contributed by atoms with Gasteiger partial charge in [-0.25, -0.2) is 0 Å². The van der Waals surface area contributed by atoms with Crippen molar-refractivity contribution >= 4 is 11.8 Å². The second-order valence-electron chi connectivity index (χ2n) is 6.83. The lowest BCUT2D eigenvalue weighted by atomic mass is 10.0. The lowest BCUT2D eigenvalue weighted by Crippen LogP contribution is -2.49. The SMILES string of the molecule is COc1ccc(C(=O)N[C@H](C(=O)NCc2ccc(OC)c(OC)c2)C(C)C)cc1. The van der Waals surface area contributed by atoms with Crippen molar-refractivity contribution in [3.63, 3.8) is 0 Å². The summed E-state index contributed by atoms with van der Waals surface area (Å²) in [6, 6.07) is 11.5. The number of hydrogen-bond acceptors (Lipinski definition) is 5. The number of nitrogens with one attached hydrogen (secondary N) is 2. The lowest BCUT2D eigenvalue weighted by Gasteiger charge is -2.22. The molecule has 7 nitrogen and oxygen atoms in total. The molecule has 0 aliphatic rings. The van der Waals surface area contributed by atoms with E-state index in [9.17, 15) is 9.59 Å². The van der Waals surface area contributed by atoms with Gasteiger partial charge in [0.05, 0.1) is 21.3 Å². The number of rotatable bonds is 9. The van der Waals surface area contributed by atoms with Crippen LogP contribution < -0.4 is 24.8 Å². The van der Waals surface area contributed by atoms with E-state index in [4.69, 9.17) is 14.2 Å². The fraction of sp³-hybridized carbons (Fsp3) is 0.364. The smallest absolute Gasteiger partial charge is 0.251 e. The van der Waals surface area contributed by atoms with Gasteiger partial charge in [0.25, 0.3) is 5.91 Å². The first-order chi connectivity index (χ1) is 13.9. The monoisotopic (exact) mass is 400 g/mol. The summed E-state index contributed by atoms with van der Waals surface area (Å²) in [7, 11) is 4.69. The van der Waals surface area contributed by atoms with Gasteiger partial charge in [0, 0.05) is 12.1 Å². The van der Waals surface area contributed by atoms with Gasteiger partial charge in [-0.05, 0) is 47.9 Å². The Hall–Kier alpha value is -3.22. The van der Waals surface area contributed by atoms with Crippen LogP contribution in [0.3, 0.4) is 0 Å². The number of carbonyl (C=O) groups is 2. The van der Waals surface area contributed by atoms with Crippen LogP contribution in [0.1, 0.15) is 29.8 Å². The third-order valence-corrected chi connectivity index (χ3v) is 4.50. The van der Waals surface area contributed by atoms with Gasteiger partial charge in [-0.2, -0.15) is 0 Å². The van der Waals surface area contributed by atoms with Crippen molar-refractivity contribution < 1.29 is 23.8 Å². The maximum absolute atomic E-state index is 12.7. The number of benzene rings is 2. The summed E-state index contributed by atoms with van der Waals surface area (Å²) in [6.07, 6.45) is 0. The topological polar surface area (TPSA) is 85.9 Å². The molecule has 156 valence electrons. The highest BCUT2D eigenvalue weighted by molar-refractivity contribution is 5.97. The average molecular weight is 400 g/mol. The summed E-state index contributed by atoms with van der Waals surface area (Å²) in [5, 5.41) is 5.68. The normalized spacial score (nSPS) is 11.5. The second kappa shape index (κ2) is 10.4. The molecular formula is C22H28N2O5.